The van der Waals surface area contributed by atoms with E-state index in [1.54, 1.807) is 29.8 Å². The van der Waals surface area contributed by atoms with Crippen LogP contribution in [-0.4, -0.2) is 50.6 Å². The van der Waals surface area contributed by atoms with Crippen LogP contribution in [0.1, 0.15) is 68.9 Å². The summed E-state index contributed by atoms with van der Waals surface area (Å²) in [7, 11) is 0. The first kappa shape index (κ1) is 30.1. The first-order valence-electron chi connectivity index (χ1n) is 18.1. The lowest BCUT2D eigenvalue weighted by atomic mass is 9.79. The molecule has 5 atom stereocenters. The molecule has 1 amide bonds. The van der Waals surface area contributed by atoms with Gasteiger partial charge in [-0.3, -0.25) is 4.79 Å². The fourth-order valence-electron chi connectivity index (χ4n) is 8.48. The van der Waals surface area contributed by atoms with Crippen LogP contribution >= 0.6 is 34.5 Å². The van der Waals surface area contributed by atoms with Crippen molar-refractivity contribution in [3.8, 4) is 17.2 Å². The van der Waals surface area contributed by atoms with Gasteiger partial charge >= 0.3 is 0 Å². The van der Waals surface area contributed by atoms with E-state index in [0.717, 1.165) is 42.4 Å². The standard InChI is InChI=1S/C38H35Cl2FN6O2S/c1-19-25-15-30(29-14-23(49-18-31-43-10-11-50-31)17-46(29)38(48)20-7-8-20)47(36-22-13-28(36)44-16-22)37(25)26-12-21(4-3-9-42)32(34(41)35(26)45-19)24-5-2-6-27(39)33(24)40/h2,5-6,10-12,15,20,22-23,28-29,36,44H,3-4,7-8,13-14,16-18H2,1H3/i18D2. The summed E-state index contributed by atoms with van der Waals surface area (Å²) in [6.07, 6.45) is 4.58. The molecule has 2 aromatic carbocycles. The Balaban J connectivity index is 1.25. The second-order valence-electron chi connectivity index (χ2n) is 14.0. The molecule has 10 rings (SSSR count). The SMILES string of the molecule is [2H]C([2H])(OC1CC(c2cc3c(C)nc4c(F)c(-c5cccc(Cl)c5Cl)c(CCC#N)cc4c3n2C2C3CNC2C3)N(C(=O)C2CC2)C1)c1nccs1. The average Bonchev–Trinajstić information content (AvgIpc) is 3.64. The van der Waals surface area contributed by atoms with Crippen molar-refractivity contribution in [2.75, 3.05) is 13.1 Å². The fraction of sp³-hybridized carbons (Fsp3) is 0.421. The summed E-state index contributed by atoms with van der Waals surface area (Å²) in [5.74, 6) is -0.151. The smallest absolute Gasteiger partial charge is 0.226 e. The zero-order chi connectivity index (χ0) is 36.1. The predicted molar refractivity (Wildman–Crippen MR) is 193 cm³/mol. The number of thiazole rings is 1. The number of benzene rings is 2. The summed E-state index contributed by atoms with van der Waals surface area (Å²) in [5, 5.41) is 17.3. The minimum Gasteiger partial charge on any atom is -0.369 e. The predicted octanol–water partition coefficient (Wildman–Crippen LogP) is 8.33. The van der Waals surface area contributed by atoms with Crippen molar-refractivity contribution in [3.05, 3.63) is 79.7 Å². The van der Waals surface area contributed by atoms with Gasteiger partial charge in [0.25, 0.3) is 0 Å². The maximum absolute atomic E-state index is 17.2. The Bertz CT molecular complexity index is 2290. The molecular weight excluding hydrogens is 694 g/mol. The van der Waals surface area contributed by atoms with Gasteiger partial charge in [0.2, 0.25) is 5.91 Å². The van der Waals surface area contributed by atoms with Crippen LogP contribution < -0.4 is 5.32 Å². The van der Waals surface area contributed by atoms with E-state index >= 15 is 4.39 Å². The Kier molecular flexibility index (Phi) is 7.56. The molecule has 3 aromatic heterocycles. The number of fused-ring (bicyclic) bond motifs is 4. The maximum atomic E-state index is 17.2. The first-order chi connectivity index (χ1) is 25.1. The number of aromatic nitrogens is 3. The van der Waals surface area contributed by atoms with Crippen LogP contribution in [0.15, 0.2) is 41.9 Å². The van der Waals surface area contributed by atoms with Gasteiger partial charge in [0.05, 0.1) is 49.1 Å². The Morgan fingerprint density at radius 3 is 2.84 bits per heavy atom. The third kappa shape index (κ3) is 5.24. The zero-order valence-corrected chi connectivity index (χ0v) is 29.6. The number of rotatable bonds is 9. The molecule has 8 nitrogen and oxygen atoms in total. The van der Waals surface area contributed by atoms with E-state index in [4.69, 9.17) is 35.7 Å². The quantitative estimate of drug-likeness (QED) is 0.164. The largest absolute Gasteiger partial charge is 0.369 e. The van der Waals surface area contributed by atoms with Crippen molar-refractivity contribution >= 4 is 62.3 Å². The van der Waals surface area contributed by atoms with Gasteiger partial charge in [-0.05, 0) is 62.3 Å². The number of nitrogens with one attached hydrogen (secondary N) is 1. The van der Waals surface area contributed by atoms with Crippen LogP contribution in [0.2, 0.25) is 10.0 Å². The monoisotopic (exact) mass is 730 g/mol. The third-order valence-corrected chi connectivity index (χ3v) is 12.5. The first-order valence-corrected chi connectivity index (χ1v) is 18.8. The molecule has 2 saturated carbocycles. The normalized spacial score (nSPS) is 25.2. The number of pyridine rings is 1. The van der Waals surface area contributed by atoms with Crippen molar-refractivity contribution in [1.82, 2.24) is 24.8 Å². The summed E-state index contributed by atoms with van der Waals surface area (Å²) in [5.41, 5.74) is 4.00. The van der Waals surface area contributed by atoms with Crippen LogP contribution in [0.3, 0.4) is 0 Å². The van der Waals surface area contributed by atoms with E-state index in [9.17, 15) is 10.1 Å². The minimum absolute atomic E-state index is 0.0471. The van der Waals surface area contributed by atoms with Crippen molar-refractivity contribution in [2.45, 2.75) is 76.2 Å². The molecule has 0 radical (unpaired) electrons. The Labute approximate surface area is 306 Å². The molecule has 5 unspecified atom stereocenters. The number of nitriles is 1. The van der Waals surface area contributed by atoms with Gasteiger partial charge in [-0.15, -0.1) is 11.3 Å². The molecule has 2 bridgehead atoms. The number of carbonyl (C=O) groups excluding carboxylic acids is 1. The fourth-order valence-corrected chi connectivity index (χ4v) is 9.34. The van der Waals surface area contributed by atoms with Crippen molar-refractivity contribution < 1.29 is 16.7 Å². The number of nitrogens with zero attached hydrogens (tertiary/aromatic N) is 5. The van der Waals surface area contributed by atoms with Crippen LogP contribution in [-0.2, 0) is 22.5 Å². The van der Waals surface area contributed by atoms with Crippen LogP contribution in [0.25, 0.3) is 32.9 Å². The van der Waals surface area contributed by atoms with Crippen LogP contribution in [0.4, 0.5) is 4.39 Å². The Hall–Kier alpha value is -3.59. The lowest BCUT2D eigenvalue weighted by Gasteiger charge is -2.39. The number of carbonyl (C=O) groups is 1. The van der Waals surface area contributed by atoms with Crippen LogP contribution in [0.5, 0.6) is 0 Å². The number of halogens is 3. The molecule has 256 valence electrons. The molecular formula is C38H35Cl2FN6O2S. The molecule has 50 heavy (non-hydrogen) atoms. The summed E-state index contributed by atoms with van der Waals surface area (Å²) < 4.78 is 43.0. The lowest BCUT2D eigenvalue weighted by Crippen LogP contribution is -2.41. The Morgan fingerprint density at radius 2 is 2.12 bits per heavy atom. The van der Waals surface area contributed by atoms with Gasteiger partial charge in [0.15, 0.2) is 5.82 Å². The van der Waals surface area contributed by atoms with Gasteiger partial charge in [0.1, 0.15) is 10.5 Å². The van der Waals surface area contributed by atoms with Crippen LogP contribution in [0, 0.1) is 35.9 Å². The zero-order valence-electron chi connectivity index (χ0n) is 29.3. The van der Waals surface area contributed by atoms with Gasteiger partial charge < -0.3 is 19.5 Å². The molecule has 5 aromatic rings. The van der Waals surface area contributed by atoms with Gasteiger partial charge in [-0.2, -0.15) is 5.26 Å². The highest BCUT2D eigenvalue weighted by molar-refractivity contribution is 7.09. The van der Waals surface area contributed by atoms with Crippen molar-refractivity contribution in [2.24, 2.45) is 11.8 Å². The van der Waals surface area contributed by atoms with Crippen molar-refractivity contribution in [3.63, 3.8) is 0 Å². The third-order valence-electron chi connectivity index (χ3n) is 11.0. The van der Waals surface area contributed by atoms with E-state index in [1.165, 1.54) is 11.3 Å². The molecule has 3 saturated heterocycles. The van der Waals surface area contributed by atoms with Gasteiger partial charge in [-0.1, -0.05) is 35.3 Å². The van der Waals surface area contributed by atoms with E-state index in [1.807, 2.05) is 17.9 Å². The number of ether oxygens (including phenoxy) is 1. The highest BCUT2D eigenvalue weighted by Crippen LogP contribution is 2.51. The number of likely N-dealkylation sites (tertiary alicyclic amines) is 1. The molecule has 2 aliphatic carbocycles. The van der Waals surface area contributed by atoms with E-state index < -0.39 is 18.5 Å². The molecule has 0 spiro atoms. The van der Waals surface area contributed by atoms with E-state index in [2.05, 4.69) is 27.0 Å². The van der Waals surface area contributed by atoms with E-state index in [0.29, 0.717) is 46.0 Å². The van der Waals surface area contributed by atoms with Gasteiger partial charge in [-0.25, -0.2) is 14.4 Å². The maximum Gasteiger partial charge on any atom is 0.226 e. The van der Waals surface area contributed by atoms with Gasteiger partial charge in [0, 0.05) is 82.8 Å². The Morgan fingerprint density at radius 1 is 1.26 bits per heavy atom. The summed E-state index contributed by atoms with van der Waals surface area (Å²) in [4.78, 5) is 24.9. The highest BCUT2D eigenvalue weighted by Gasteiger charge is 2.51. The molecule has 6 heterocycles. The molecule has 5 aliphatic rings. The van der Waals surface area contributed by atoms with Crippen molar-refractivity contribution in [1.29, 1.82) is 5.26 Å². The summed E-state index contributed by atoms with van der Waals surface area (Å²) in [6.45, 7) is 0.903. The van der Waals surface area contributed by atoms with E-state index in [-0.39, 0.29) is 64.0 Å². The number of aryl methyl sites for hydroxylation is 2. The molecule has 3 aliphatic heterocycles. The summed E-state index contributed by atoms with van der Waals surface area (Å²) >= 11 is 14.3. The molecule has 5 fully saturated rings. The number of hydrogen-bond donors (Lipinski definition) is 1. The number of hydrogen-bond acceptors (Lipinski definition) is 7. The summed E-state index contributed by atoms with van der Waals surface area (Å²) in [6, 6.07) is 11.3. The minimum atomic E-state index is -2.11. The number of amides is 1. The molecule has 1 N–H and O–H groups in total. The average molecular weight is 732 g/mol. The highest BCUT2D eigenvalue weighted by atomic mass is 35.5. The molecule has 12 heteroatoms. The lowest BCUT2D eigenvalue weighted by molar-refractivity contribution is -0.134. The second kappa shape index (κ2) is 12.6. The second-order valence-corrected chi connectivity index (χ2v) is 15.7. The topological polar surface area (TPSA) is 96.1 Å².